The van der Waals surface area contributed by atoms with Crippen LogP contribution in [0.15, 0.2) is 42.9 Å². The van der Waals surface area contributed by atoms with Gasteiger partial charge in [-0.25, -0.2) is 4.98 Å². The highest BCUT2D eigenvalue weighted by molar-refractivity contribution is 6.33. The van der Waals surface area contributed by atoms with Crippen molar-refractivity contribution < 1.29 is 4.79 Å². The van der Waals surface area contributed by atoms with E-state index < -0.39 is 0 Å². The average Bonchev–Trinajstić information content (AvgIpc) is 2.56. The molecule has 1 amide bonds. The third kappa shape index (κ3) is 2.97. The smallest absolute Gasteiger partial charge is 0.255 e. The summed E-state index contributed by atoms with van der Waals surface area (Å²) in [5, 5.41) is 0.398. The van der Waals surface area contributed by atoms with E-state index in [-0.39, 0.29) is 5.91 Å². The van der Waals surface area contributed by atoms with Crippen LogP contribution in [0.25, 0.3) is 0 Å². The van der Waals surface area contributed by atoms with Gasteiger partial charge in [-0.2, -0.15) is 0 Å². The molecule has 0 unspecified atom stereocenters. The SMILES string of the molecule is O=C(c1ccncc1Cl)N1CCN(c2ccccn2)CC1. The molecule has 1 saturated heterocycles. The summed E-state index contributed by atoms with van der Waals surface area (Å²) in [6.45, 7) is 2.86. The van der Waals surface area contributed by atoms with Crippen molar-refractivity contribution in [2.75, 3.05) is 31.1 Å². The van der Waals surface area contributed by atoms with Crippen molar-refractivity contribution in [1.82, 2.24) is 14.9 Å². The topological polar surface area (TPSA) is 49.3 Å². The van der Waals surface area contributed by atoms with Gasteiger partial charge in [0.1, 0.15) is 5.82 Å². The first-order valence-corrected chi connectivity index (χ1v) is 7.18. The fourth-order valence-corrected chi connectivity index (χ4v) is 2.60. The molecule has 0 aromatic carbocycles. The van der Waals surface area contributed by atoms with Crippen molar-refractivity contribution in [1.29, 1.82) is 0 Å². The molecule has 108 valence electrons. The first-order valence-electron chi connectivity index (χ1n) is 6.80. The summed E-state index contributed by atoms with van der Waals surface area (Å²) in [4.78, 5) is 24.7. The van der Waals surface area contributed by atoms with Crippen LogP contribution in [0.4, 0.5) is 5.82 Å². The second kappa shape index (κ2) is 6.10. The van der Waals surface area contributed by atoms with Gasteiger partial charge < -0.3 is 9.80 Å². The number of nitrogens with zero attached hydrogens (tertiary/aromatic N) is 4. The van der Waals surface area contributed by atoms with Gasteiger partial charge in [0, 0.05) is 44.8 Å². The molecule has 6 heteroatoms. The fourth-order valence-electron chi connectivity index (χ4n) is 2.40. The second-order valence-corrected chi connectivity index (χ2v) is 5.23. The summed E-state index contributed by atoms with van der Waals surface area (Å²) in [7, 11) is 0. The summed E-state index contributed by atoms with van der Waals surface area (Å²) in [6, 6.07) is 7.51. The molecule has 0 bridgehead atoms. The van der Waals surface area contributed by atoms with Crippen molar-refractivity contribution in [2.24, 2.45) is 0 Å². The van der Waals surface area contributed by atoms with Crippen molar-refractivity contribution in [3.63, 3.8) is 0 Å². The number of anilines is 1. The number of amides is 1. The number of carbonyl (C=O) groups is 1. The van der Waals surface area contributed by atoms with Crippen molar-refractivity contribution >= 4 is 23.3 Å². The van der Waals surface area contributed by atoms with E-state index in [0.717, 1.165) is 18.9 Å². The number of hydrogen-bond acceptors (Lipinski definition) is 4. The van der Waals surface area contributed by atoms with E-state index in [2.05, 4.69) is 14.9 Å². The number of halogens is 1. The predicted octanol–water partition coefficient (Wildman–Crippen LogP) is 2.09. The van der Waals surface area contributed by atoms with Gasteiger partial charge in [0.25, 0.3) is 5.91 Å². The molecule has 1 aliphatic heterocycles. The summed E-state index contributed by atoms with van der Waals surface area (Å²) >= 11 is 6.03. The molecule has 21 heavy (non-hydrogen) atoms. The van der Waals surface area contributed by atoms with Crippen LogP contribution in [0.3, 0.4) is 0 Å². The highest BCUT2D eigenvalue weighted by Crippen LogP contribution is 2.18. The molecule has 0 saturated carbocycles. The van der Waals surface area contributed by atoms with Crippen LogP contribution >= 0.6 is 11.6 Å². The van der Waals surface area contributed by atoms with Crippen LogP contribution in [0.1, 0.15) is 10.4 Å². The molecule has 3 heterocycles. The van der Waals surface area contributed by atoms with E-state index in [4.69, 9.17) is 11.6 Å². The van der Waals surface area contributed by atoms with Gasteiger partial charge in [0.2, 0.25) is 0 Å². The van der Waals surface area contributed by atoms with Gasteiger partial charge in [-0.15, -0.1) is 0 Å². The van der Waals surface area contributed by atoms with Crippen LogP contribution in [0.2, 0.25) is 5.02 Å². The lowest BCUT2D eigenvalue weighted by Gasteiger charge is -2.35. The zero-order chi connectivity index (χ0) is 14.7. The minimum absolute atomic E-state index is 0.0388. The summed E-state index contributed by atoms with van der Waals surface area (Å²) in [6.07, 6.45) is 4.87. The molecule has 0 N–H and O–H groups in total. The second-order valence-electron chi connectivity index (χ2n) is 4.82. The number of piperazine rings is 1. The van der Waals surface area contributed by atoms with E-state index in [0.29, 0.717) is 23.7 Å². The molecule has 0 spiro atoms. The number of rotatable bonds is 2. The monoisotopic (exact) mass is 302 g/mol. The maximum atomic E-state index is 12.4. The zero-order valence-corrected chi connectivity index (χ0v) is 12.2. The van der Waals surface area contributed by atoms with Crippen molar-refractivity contribution in [3.8, 4) is 0 Å². The third-order valence-corrected chi connectivity index (χ3v) is 3.84. The molecular formula is C15H15ClN4O. The van der Waals surface area contributed by atoms with Gasteiger partial charge in [0.15, 0.2) is 0 Å². The molecule has 5 nitrogen and oxygen atoms in total. The van der Waals surface area contributed by atoms with Gasteiger partial charge in [0.05, 0.1) is 10.6 Å². The summed E-state index contributed by atoms with van der Waals surface area (Å²) < 4.78 is 0. The number of pyridine rings is 2. The van der Waals surface area contributed by atoms with Gasteiger partial charge >= 0.3 is 0 Å². The first-order chi connectivity index (χ1) is 10.3. The Labute approximate surface area is 128 Å². The van der Waals surface area contributed by atoms with Crippen LogP contribution in [0.5, 0.6) is 0 Å². The lowest BCUT2D eigenvalue weighted by Crippen LogP contribution is -2.49. The lowest BCUT2D eigenvalue weighted by atomic mass is 10.2. The minimum atomic E-state index is -0.0388. The van der Waals surface area contributed by atoms with E-state index in [1.54, 1.807) is 18.5 Å². The van der Waals surface area contributed by atoms with Crippen LogP contribution in [-0.4, -0.2) is 47.0 Å². The fraction of sp³-hybridized carbons (Fsp3) is 0.267. The van der Waals surface area contributed by atoms with Crippen LogP contribution < -0.4 is 4.90 Å². The van der Waals surface area contributed by atoms with Crippen LogP contribution in [-0.2, 0) is 0 Å². The van der Waals surface area contributed by atoms with Crippen molar-refractivity contribution in [2.45, 2.75) is 0 Å². The highest BCUT2D eigenvalue weighted by atomic mass is 35.5. The Kier molecular flexibility index (Phi) is 4.01. The normalized spacial score (nSPS) is 15.1. The summed E-state index contributed by atoms with van der Waals surface area (Å²) in [5.41, 5.74) is 0.512. The zero-order valence-electron chi connectivity index (χ0n) is 11.4. The lowest BCUT2D eigenvalue weighted by molar-refractivity contribution is 0.0746. The highest BCUT2D eigenvalue weighted by Gasteiger charge is 2.23. The summed E-state index contributed by atoms with van der Waals surface area (Å²) in [5.74, 6) is 0.912. The molecule has 1 aliphatic rings. The molecule has 2 aromatic rings. The van der Waals surface area contributed by atoms with Gasteiger partial charge in [-0.05, 0) is 18.2 Å². The maximum Gasteiger partial charge on any atom is 0.255 e. The molecule has 3 rings (SSSR count). The average molecular weight is 303 g/mol. The van der Waals surface area contributed by atoms with E-state index in [1.165, 1.54) is 6.20 Å². The minimum Gasteiger partial charge on any atom is -0.353 e. The Balaban J connectivity index is 1.66. The third-order valence-electron chi connectivity index (χ3n) is 3.54. The Bertz CT molecular complexity index is 627. The Morgan fingerprint density at radius 1 is 1.10 bits per heavy atom. The molecule has 2 aromatic heterocycles. The largest absolute Gasteiger partial charge is 0.353 e. The van der Waals surface area contributed by atoms with E-state index >= 15 is 0 Å². The Hall–Kier alpha value is -2.14. The molecule has 0 atom stereocenters. The predicted molar refractivity (Wildman–Crippen MR) is 81.6 cm³/mol. The number of aromatic nitrogens is 2. The first kappa shape index (κ1) is 13.8. The standard InChI is InChI=1S/C15H15ClN4O/c16-13-11-17-6-4-12(13)15(21)20-9-7-19(8-10-20)14-3-1-2-5-18-14/h1-6,11H,7-10H2. The quantitative estimate of drug-likeness (QED) is 0.852. The van der Waals surface area contributed by atoms with Crippen LogP contribution in [0, 0.1) is 0 Å². The molecule has 1 fully saturated rings. The maximum absolute atomic E-state index is 12.4. The Morgan fingerprint density at radius 3 is 2.57 bits per heavy atom. The van der Waals surface area contributed by atoms with Gasteiger partial charge in [-0.1, -0.05) is 17.7 Å². The molecule has 0 radical (unpaired) electrons. The number of carbonyl (C=O) groups excluding carboxylic acids is 1. The number of hydrogen-bond donors (Lipinski definition) is 0. The van der Waals surface area contributed by atoms with Crippen molar-refractivity contribution in [3.05, 3.63) is 53.4 Å². The Morgan fingerprint density at radius 2 is 1.90 bits per heavy atom. The molecular weight excluding hydrogens is 288 g/mol. The molecule has 0 aliphatic carbocycles. The van der Waals surface area contributed by atoms with E-state index in [1.807, 2.05) is 23.1 Å². The van der Waals surface area contributed by atoms with Gasteiger partial charge in [-0.3, -0.25) is 9.78 Å². The van der Waals surface area contributed by atoms with E-state index in [9.17, 15) is 4.79 Å².